The van der Waals surface area contributed by atoms with Crippen molar-refractivity contribution in [1.82, 2.24) is 0 Å². The molecule has 19 heavy (non-hydrogen) atoms. The SMILES string of the molecule is NC(Cc1cc(Br)ccc1F)C1Cc2ccccc21. The third kappa shape index (κ3) is 2.45. The normalized spacial score (nSPS) is 18.6. The monoisotopic (exact) mass is 319 g/mol. The molecule has 0 saturated carbocycles. The Morgan fingerprint density at radius 3 is 2.84 bits per heavy atom. The zero-order chi connectivity index (χ0) is 13.4. The van der Waals surface area contributed by atoms with E-state index >= 15 is 0 Å². The van der Waals surface area contributed by atoms with Crippen LogP contribution in [0.4, 0.5) is 4.39 Å². The summed E-state index contributed by atoms with van der Waals surface area (Å²) < 4.78 is 14.6. The van der Waals surface area contributed by atoms with Gasteiger partial charge < -0.3 is 5.73 Å². The molecule has 0 heterocycles. The molecule has 98 valence electrons. The highest BCUT2D eigenvalue weighted by atomic mass is 79.9. The summed E-state index contributed by atoms with van der Waals surface area (Å²) in [6, 6.07) is 13.3. The third-order valence-corrected chi connectivity index (χ3v) is 4.37. The number of halogens is 2. The lowest BCUT2D eigenvalue weighted by molar-refractivity contribution is 0.472. The van der Waals surface area contributed by atoms with E-state index in [-0.39, 0.29) is 11.9 Å². The van der Waals surface area contributed by atoms with Crippen LogP contribution < -0.4 is 5.73 Å². The molecule has 2 unspecified atom stereocenters. The maximum Gasteiger partial charge on any atom is 0.126 e. The molecule has 1 aliphatic rings. The average molecular weight is 320 g/mol. The predicted octanol–water partition coefficient (Wildman–Crippen LogP) is 3.80. The third-order valence-electron chi connectivity index (χ3n) is 3.87. The van der Waals surface area contributed by atoms with E-state index in [4.69, 9.17) is 5.73 Å². The molecular formula is C16H15BrFN. The average Bonchev–Trinajstić information content (AvgIpc) is 2.35. The fraction of sp³-hybridized carbons (Fsp3) is 0.250. The maximum atomic E-state index is 13.7. The molecule has 2 aromatic carbocycles. The molecule has 1 aliphatic carbocycles. The Kier molecular flexibility index (Phi) is 3.42. The highest BCUT2D eigenvalue weighted by Gasteiger charge is 2.30. The quantitative estimate of drug-likeness (QED) is 0.915. The molecule has 0 radical (unpaired) electrons. The van der Waals surface area contributed by atoms with Crippen molar-refractivity contribution in [2.45, 2.75) is 24.8 Å². The van der Waals surface area contributed by atoms with E-state index in [9.17, 15) is 4.39 Å². The summed E-state index contributed by atoms with van der Waals surface area (Å²) in [7, 11) is 0. The van der Waals surface area contributed by atoms with Crippen LogP contribution in [0, 0.1) is 5.82 Å². The van der Waals surface area contributed by atoms with Gasteiger partial charge in [0.1, 0.15) is 5.82 Å². The zero-order valence-electron chi connectivity index (χ0n) is 10.4. The van der Waals surface area contributed by atoms with E-state index in [1.54, 1.807) is 6.07 Å². The van der Waals surface area contributed by atoms with Gasteiger partial charge in [0, 0.05) is 16.4 Å². The molecule has 0 aliphatic heterocycles. The van der Waals surface area contributed by atoms with Crippen molar-refractivity contribution in [3.05, 3.63) is 69.4 Å². The first-order valence-electron chi connectivity index (χ1n) is 6.42. The number of hydrogen-bond donors (Lipinski definition) is 1. The second-order valence-corrected chi connectivity index (χ2v) is 6.03. The summed E-state index contributed by atoms with van der Waals surface area (Å²) >= 11 is 3.37. The standard InChI is InChI=1S/C16H15BrFN/c17-12-5-6-15(18)11(7-12)9-16(19)14-8-10-3-1-2-4-13(10)14/h1-7,14,16H,8-9,19H2. The van der Waals surface area contributed by atoms with Crippen LogP contribution in [-0.2, 0) is 12.8 Å². The van der Waals surface area contributed by atoms with E-state index in [0.717, 1.165) is 10.9 Å². The summed E-state index contributed by atoms with van der Waals surface area (Å²) in [4.78, 5) is 0. The highest BCUT2D eigenvalue weighted by Crippen LogP contribution is 2.37. The van der Waals surface area contributed by atoms with Gasteiger partial charge in [-0.15, -0.1) is 0 Å². The fourth-order valence-electron chi connectivity index (χ4n) is 2.78. The van der Waals surface area contributed by atoms with Crippen LogP contribution in [0.2, 0.25) is 0 Å². The second-order valence-electron chi connectivity index (χ2n) is 5.11. The minimum absolute atomic E-state index is 0.0290. The van der Waals surface area contributed by atoms with Gasteiger partial charge >= 0.3 is 0 Å². The number of fused-ring (bicyclic) bond motifs is 1. The summed E-state index contributed by atoms with van der Waals surface area (Å²) in [5.41, 5.74) is 9.65. The topological polar surface area (TPSA) is 26.0 Å². The lowest BCUT2D eigenvalue weighted by Gasteiger charge is -2.34. The number of hydrogen-bond acceptors (Lipinski definition) is 1. The first-order chi connectivity index (χ1) is 9.15. The van der Waals surface area contributed by atoms with Gasteiger partial charge in [0.05, 0.1) is 0 Å². The lowest BCUT2D eigenvalue weighted by atomic mass is 9.72. The molecule has 3 heteroatoms. The Bertz CT molecular complexity index is 611. The summed E-state index contributed by atoms with van der Waals surface area (Å²) in [6.45, 7) is 0. The van der Waals surface area contributed by atoms with Crippen LogP contribution in [0.15, 0.2) is 46.9 Å². The first-order valence-corrected chi connectivity index (χ1v) is 7.22. The molecule has 0 spiro atoms. The van der Waals surface area contributed by atoms with E-state index in [1.165, 1.54) is 17.2 Å². The van der Waals surface area contributed by atoms with Gasteiger partial charge in [-0.2, -0.15) is 0 Å². The van der Waals surface area contributed by atoms with Crippen molar-refractivity contribution in [3.8, 4) is 0 Å². The predicted molar refractivity (Wildman–Crippen MR) is 78.7 cm³/mol. The number of nitrogens with two attached hydrogens (primary N) is 1. The van der Waals surface area contributed by atoms with Crippen LogP contribution in [0.1, 0.15) is 22.6 Å². The van der Waals surface area contributed by atoms with Gasteiger partial charge in [-0.25, -0.2) is 4.39 Å². The Hall–Kier alpha value is -1.19. The van der Waals surface area contributed by atoms with Crippen molar-refractivity contribution < 1.29 is 4.39 Å². The van der Waals surface area contributed by atoms with Crippen LogP contribution in [0.25, 0.3) is 0 Å². The molecule has 2 N–H and O–H groups in total. The van der Waals surface area contributed by atoms with Gasteiger partial charge in [0.25, 0.3) is 0 Å². The van der Waals surface area contributed by atoms with Crippen molar-refractivity contribution in [2.24, 2.45) is 5.73 Å². The molecular weight excluding hydrogens is 305 g/mol. The van der Waals surface area contributed by atoms with E-state index < -0.39 is 0 Å². The van der Waals surface area contributed by atoms with Gasteiger partial charge in [-0.1, -0.05) is 40.2 Å². The summed E-state index contributed by atoms with van der Waals surface area (Å²) in [6.07, 6.45) is 1.58. The Balaban J connectivity index is 1.76. The van der Waals surface area contributed by atoms with Gasteiger partial charge in [-0.05, 0) is 47.7 Å². The first kappa shape index (κ1) is 12.8. The van der Waals surface area contributed by atoms with Crippen molar-refractivity contribution in [3.63, 3.8) is 0 Å². The minimum atomic E-state index is -0.175. The zero-order valence-corrected chi connectivity index (χ0v) is 12.0. The maximum absolute atomic E-state index is 13.7. The van der Waals surface area contributed by atoms with Crippen LogP contribution in [-0.4, -0.2) is 6.04 Å². The Morgan fingerprint density at radius 1 is 1.26 bits per heavy atom. The highest BCUT2D eigenvalue weighted by molar-refractivity contribution is 9.10. The molecule has 3 rings (SSSR count). The Morgan fingerprint density at radius 2 is 2.05 bits per heavy atom. The molecule has 0 aromatic heterocycles. The smallest absolute Gasteiger partial charge is 0.126 e. The van der Waals surface area contributed by atoms with Gasteiger partial charge in [-0.3, -0.25) is 0 Å². The molecule has 0 saturated heterocycles. The fourth-order valence-corrected chi connectivity index (χ4v) is 3.18. The summed E-state index contributed by atoms with van der Waals surface area (Å²) in [5, 5.41) is 0. The van der Waals surface area contributed by atoms with Gasteiger partial charge in [0.15, 0.2) is 0 Å². The van der Waals surface area contributed by atoms with E-state index in [0.29, 0.717) is 17.9 Å². The van der Waals surface area contributed by atoms with E-state index in [2.05, 4.69) is 34.1 Å². The number of benzene rings is 2. The van der Waals surface area contributed by atoms with Crippen molar-refractivity contribution in [1.29, 1.82) is 0 Å². The van der Waals surface area contributed by atoms with Crippen molar-refractivity contribution in [2.75, 3.05) is 0 Å². The van der Waals surface area contributed by atoms with Crippen LogP contribution in [0.5, 0.6) is 0 Å². The molecule has 0 fully saturated rings. The Labute approximate surface area is 120 Å². The largest absolute Gasteiger partial charge is 0.327 e. The van der Waals surface area contributed by atoms with E-state index in [1.807, 2.05) is 12.1 Å². The van der Waals surface area contributed by atoms with Crippen LogP contribution >= 0.6 is 15.9 Å². The molecule has 0 amide bonds. The molecule has 0 bridgehead atoms. The molecule has 2 atom stereocenters. The second kappa shape index (κ2) is 5.06. The van der Waals surface area contributed by atoms with Gasteiger partial charge in [0.2, 0.25) is 0 Å². The molecule has 2 aromatic rings. The number of rotatable bonds is 3. The van der Waals surface area contributed by atoms with Crippen LogP contribution in [0.3, 0.4) is 0 Å². The lowest BCUT2D eigenvalue weighted by Crippen LogP contribution is -2.37. The molecule has 1 nitrogen and oxygen atoms in total. The van der Waals surface area contributed by atoms with Crippen molar-refractivity contribution >= 4 is 15.9 Å². The minimum Gasteiger partial charge on any atom is -0.327 e. The summed E-state index contributed by atoms with van der Waals surface area (Å²) in [5.74, 6) is 0.181.